The van der Waals surface area contributed by atoms with Crippen LogP contribution in [-0.2, 0) is 9.53 Å². The highest BCUT2D eigenvalue weighted by atomic mass is 127. The average Bonchev–Trinajstić information content (AvgIpc) is 3.10. The lowest BCUT2D eigenvalue weighted by Crippen LogP contribution is -2.40. The van der Waals surface area contributed by atoms with E-state index in [1.807, 2.05) is 34.7 Å². The molecule has 1 aliphatic heterocycles. The molecule has 7 nitrogen and oxygen atoms in total. The first-order chi connectivity index (χ1) is 17.0. The molecule has 0 aliphatic carbocycles. The zero-order valence-corrected chi connectivity index (χ0v) is 25.8. The van der Waals surface area contributed by atoms with Crippen molar-refractivity contribution in [2.45, 2.75) is 32.9 Å². The zero-order valence-electron chi connectivity index (χ0n) is 19.6. The Morgan fingerprint density at radius 2 is 1.97 bits per heavy atom. The second-order valence-electron chi connectivity index (χ2n) is 8.25. The summed E-state index contributed by atoms with van der Waals surface area (Å²) in [6.45, 7) is 5.26. The number of aromatic nitrogens is 1. The quantitative estimate of drug-likeness (QED) is 0.293. The highest BCUT2D eigenvalue weighted by molar-refractivity contribution is 14.1. The van der Waals surface area contributed by atoms with Gasteiger partial charge in [-0.15, -0.1) is 0 Å². The third-order valence-electron chi connectivity index (χ3n) is 5.41. The number of esters is 1. The molecule has 1 atom stereocenters. The summed E-state index contributed by atoms with van der Waals surface area (Å²) < 4.78 is 15.2. The number of allylic oxidation sites excluding steroid dienone is 1. The summed E-state index contributed by atoms with van der Waals surface area (Å²) in [6.07, 6.45) is 1.28. The Morgan fingerprint density at radius 1 is 1.25 bits per heavy atom. The Balaban J connectivity index is 2.03. The van der Waals surface area contributed by atoms with Crippen LogP contribution in [0.4, 0.5) is 0 Å². The first-order valence-electron chi connectivity index (χ1n) is 10.8. The van der Waals surface area contributed by atoms with Gasteiger partial charge >= 0.3 is 5.97 Å². The summed E-state index contributed by atoms with van der Waals surface area (Å²) in [4.78, 5) is 32.1. The van der Waals surface area contributed by atoms with Crippen molar-refractivity contribution in [1.82, 2.24) is 4.57 Å². The molecule has 0 saturated heterocycles. The second-order valence-corrected chi connectivity index (χ2v) is 12.3. The lowest BCUT2D eigenvalue weighted by molar-refractivity contribution is -0.143. The van der Waals surface area contributed by atoms with Crippen LogP contribution in [0.2, 0.25) is 0 Å². The molecule has 4 rings (SSSR count). The first-order valence-corrected chi connectivity index (χ1v) is 14.2. The molecule has 0 radical (unpaired) electrons. The van der Waals surface area contributed by atoms with E-state index in [0.29, 0.717) is 35.5 Å². The zero-order chi connectivity index (χ0) is 26.3. The van der Waals surface area contributed by atoms with Gasteiger partial charge in [-0.05, 0) is 79.8 Å². The van der Waals surface area contributed by atoms with E-state index in [-0.39, 0.29) is 23.0 Å². The molecule has 0 unspecified atom stereocenters. The number of thiazole rings is 1. The molecule has 188 valence electrons. The Hall–Kier alpha value is -1.96. The number of phenols is 1. The van der Waals surface area contributed by atoms with Gasteiger partial charge in [0.25, 0.3) is 5.56 Å². The van der Waals surface area contributed by atoms with Crippen LogP contribution >= 0.6 is 65.8 Å². The number of rotatable bonds is 5. The molecule has 0 saturated carbocycles. The number of halogens is 3. The van der Waals surface area contributed by atoms with Gasteiger partial charge in [-0.3, -0.25) is 9.36 Å². The van der Waals surface area contributed by atoms with Crippen molar-refractivity contribution in [3.05, 3.63) is 84.9 Å². The third kappa shape index (κ3) is 5.20. The minimum Gasteiger partial charge on any atom is -0.506 e. The van der Waals surface area contributed by atoms with Gasteiger partial charge in [0.15, 0.2) is 4.80 Å². The lowest BCUT2D eigenvalue weighted by atomic mass is 9.95. The SMILES string of the molecule is COc1ccc(Br)cc1[C@@H]1C(C(=O)OC(C)C)=C(C)N=c2s/c(=C\c3cc(Br)cc(I)c3O)c(=O)n21. The topological polar surface area (TPSA) is 90.1 Å². The van der Waals surface area contributed by atoms with E-state index in [0.717, 1.165) is 8.95 Å². The van der Waals surface area contributed by atoms with Crippen molar-refractivity contribution < 1.29 is 19.4 Å². The average molecular weight is 748 g/mol. The molecule has 0 fully saturated rings. The molecule has 2 aromatic carbocycles. The van der Waals surface area contributed by atoms with Gasteiger partial charge in [0.1, 0.15) is 17.5 Å². The molecule has 0 amide bonds. The summed E-state index contributed by atoms with van der Waals surface area (Å²) in [7, 11) is 1.54. The number of fused-ring (bicyclic) bond motifs is 1. The Labute approximate surface area is 241 Å². The van der Waals surface area contributed by atoms with Gasteiger partial charge < -0.3 is 14.6 Å². The monoisotopic (exact) mass is 746 g/mol. The molecule has 1 N–H and O–H groups in total. The highest BCUT2D eigenvalue weighted by Crippen LogP contribution is 2.37. The molecule has 0 spiro atoms. The maximum atomic E-state index is 13.8. The largest absolute Gasteiger partial charge is 0.506 e. The van der Waals surface area contributed by atoms with E-state index in [9.17, 15) is 14.7 Å². The van der Waals surface area contributed by atoms with Crippen LogP contribution in [0.3, 0.4) is 0 Å². The maximum Gasteiger partial charge on any atom is 0.338 e. The van der Waals surface area contributed by atoms with Crippen LogP contribution in [0.25, 0.3) is 6.08 Å². The van der Waals surface area contributed by atoms with Gasteiger partial charge in [0.05, 0.1) is 32.6 Å². The van der Waals surface area contributed by atoms with E-state index in [4.69, 9.17) is 9.47 Å². The first kappa shape index (κ1) is 27.1. The Bertz CT molecular complexity index is 1590. The summed E-state index contributed by atoms with van der Waals surface area (Å²) in [5.74, 6) is 0.0421. The molecule has 1 aromatic heterocycles. The summed E-state index contributed by atoms with van der Waals surface area (Å²) in [6, 6.07) is 8.12. The number of carbonyl (C=O) groups is 1. The number of carbonyl (C=O) groups excluding carboxylic acids is 1. The molecule has 11 heteroatoms. The van der Waals surface area contributed by atoms with Crippen molar-refractivity contribution >= 4 is 77.8 Å². The molecule has 1 aliphatic rings. The van der Waals surface area contributed by atoms with Crippen LogP contribution in [0.15, 0.2) is 60.3 Å². The Kier molecular flexibility index (Phi) is 8.13. The summed E-state index contributed by atoms with van der Waals surface area (Å²) >= 11 is 10.2. The van der Waals surface area contributed by atoms with Crippen LogP contribution < -0.4 is 19.6 Å². The normalized spacial score (nSPS) is 15.7. The Morgan fingerprint density at radius 3 is 2.64 bits per heavy atom. The number of aromatic hydroxyl groups is 1. The summed E-state index contributed by atoms with van der Waals surface area (Å²) in [5, 5.41) is 10.6. The van der Waals surface area contributed by atoms with Gasteiger partial charge in [0, 0.05) is 20.1 Å². The standard InChI is InChI=1S/C25H21Br2IN2O5S/c1-11(2)35-24(33)20-12(3)29-25-30(21(20)16-9-14(26)5-6-18(16)34-4)23(32)19(36-25)8-13-7-15(27)10-17(28)22(13)31/h5-11,21,31H,1-4H3/b19-8-/t21-/m1/s1. The van der Waals surface area contributed by atoms with Crippen molar-refractivity contribution in [1.29, 1.82) is 0 Å². The van der Waals surface area contributed by atoms with Crippen LogP contribution in [-0.4, -0.2) is 28.9 Å². The van der Waals surface area contributed by atoms with Gasteiger partial charge in [-0.2, -0.15) is 0 Å². The molecule has 0 bridgehead atoms. The molecule has 3 aromatic rings. The number of hydrogen-bond acceptors (Lipinski definition) is 7. The van der Waals surface area contributed by atoms with Crippen LogP contribution in [0, 0.1) is 3.57 Å². The fourth-order valence-electron chi connectivity index (χ4n) is 3.91. The minimum atomic E-state index is -0.821. The number of nitrogens with zero attached hydrogens (tertiary/aromatic N) is 2. The molecular formula is C25H21Br2IN2O5S. The molecule has 36 heavy (non-hydrogen) atoms. The minimum absolute atomic E-state index is 0.0761. The van der Waals surface area contributed by atoms with E-state index in [2.05, 4.69) is 36.9 Å². The van der Waals surface area contributed by atoms with Crippen LogP contribution in [0.1, 0.15) is 37.9 Å². The third-order valence-corrected chi connectivity index (χ3v) is 8.17. The lowest BCUT2D eigenvalue weighted by Gasteiger charge is -2.26. The van der Waals surface area contributed by atoms with E-state index >= 15 is 0 Å². The van der Waals surface area contributed by atoms with E-state index in [1.54, 1.807) is 45.0 Å². The van der Waals surface area contributed by atoms with Crippen molar-refractivity contribution in [3.63, 3.8) is 0 Å². The van der Waals surface area contributed by atoms with Crippen molar-refractivity contribution in [2.75, 3.05) is 7.11 Å². The molecular weight excluding hydrogens is 727 g/mol. The van der Waals surface area contributed by atoms with Gasteiger partial charge in [0.2, 0.25) is 0 Å². The predicted molar refractivity (Wildman–Crippen MR) is 154 cm³/mol. The number of ether oxygens (including phenoxy) is 2. The fourth-order valence-corrected chi connectivity index (χ4v) is 6.88. The number of benzene rings is 2. The number of hydrogen-bond donors (Lipinski definition) is 1. The number of methoxy groups -OCH3 is 1. The van der Waals surface area contributed by atoms with Crippen molar-refractivity contribution in [2.24, 2.45) is 4.99 Å². The fraction of sp³-hybridized carbons (Fsp3) is 0.240. The smallest absolute Gasteiger partial charge is 0.338 e. The van der Waals surface area contributed by atoms with Gasteiger partial charge in [-0.1, -0.05) is 43.2 Å². The van der Waals surface area contributed by atoms with Crippen LogP contribution in [0.5, 0.6) is 11.5 Å². The molecule has 2 heterocycles. The summed E-state index contributed by atoms with van der Waals surface area (Å²) in [5.41, 5.74) is 1.48. The number of phenolic OH excluding ortho intramolecular Hbond substituents is 1. The second kappa shape index (κ2) is 10.8. The van der Waals surface area contributed by atoms with E-state index < -0.39 is 12.0 Å². The van der Waals surface area contributed by atoms with E-state index in [1.165, 1.54) is 23.0 Å². The van der Waals surface area contributed by atoms with Crippen molar-refractivity contribution in [3.8, 4) is 11.5 Å². The maximum absolute atomic E-state index is 13.8. The highest BCUT2D eigenvalue weighted by Gasteiger charge is 2.35. The van der Waals surface area contributed by atoms with Gasteiger partial charge in [-0.25, -0.2) is 9.79 Å². The predicted octanol–water partition coefficient (Wildman–Crippen LogP) is 5.03.